The molecule has 0 radical (unpaired) electrons. The fraction of sp³-hybridized carbons (Fsp3) is 0.548. The molecular weight excluding hydrogens is 481 g/mol. The Morgan fingerprint density at radius 2 is 1.61 bits per heavy atom. The summed E-state index contributed by atoms with van der Waals surface area (Å²) in [5.41, 5.74) is -0.371. The number of carbonyl (C=O) groups excluding carboxylic acids is 2. The van der Waals surface area contributed by atoms with Crippen LogP contribution < -0.4 is 4.74 Å². The summed E-state index contributed by atoms with van der Waals surface area (Å²) in [6.07, 6.45) is 5.40. The van der Waals surface area contributed by atoms with Gasteiger partial charge in [0.2, 0.25) is 11.8 Å². The maximum absolute atomic E-state index is 14.3. The number of carbonyl (C=O) groups is 2. The van der Waals surface area contributed by atoms with Crippen molar-refractivity contribution in [2.75, 3.05) is 52.9 Å². The van der Waals surface area contributed by atoms with Gasteiger partial charge in [-0.15, -0.1) is 0 Å². The average molecular weight is 522 g/mol. The number of hydrogen-bond donors (Lipinski definition) is 0. The topological polar surface area (TPSA) is 53.1 Å². The molecule has 2 amide bonds. The van der Waals surface area contributed by atoms with E-state index in [0.717, 1.165) is 76.0 Å². The number of ether oxygens (including phenoxy) is 1. The molecule has 2 aromatic rings. The molecule has 0 unspecified atom stereocenters. The van der Waals surface area contributed by atoms with Crippen LogP contribution in [-0.4, -0.2) is 79.4 Å². The second-order valence-electron chi connectivity index (χ2n) is 11.6. The molecule has 38 heavy (non-hydrogen) atoms. The predicted octanol–water partition coefficient (Wildman–Crippen LogP) is 4.49. The fourth-order valence-electron chi connectivity index (χ4n) is 6.63. The van der Waals surface area contributed by atoms with E-state index >= 15 is 0 Å². The molecule has 2 aliphatic heterocycles. The first-order chi connectivity index (χ1) is 18.4. The van der Waals surface area contributed by atoms with Crippen LogP contribution in [0.3, 0.4) is 0 Å². The van der Waals surface area contributed by atoms with Crippen LogP contribution in [0.4, 0.5) is 4.39 Å². The van der Waals surface area contributed by atoms with Crippen LogP contribution in [-0.2, 0) is 15.0 Å². The van der Waals surface area contributed by atoms with Crippen LogP contribution >= 0.6 is 0 Å². The summed E-state index contributed by atoms with van der Waals surface area (Å²) in [5, 5.41) is 0. The SMILES string of the molecule is CN1CCN(C(=O)C[C@]2(COc3ccccc3)CCCN(C(=O)C3(c4cccc(F)c4)CCCC3)C2)CC1. The van der Waals surface area contributed by atoms with Gasteiger partial charge in [0.15, 0.2) is 0 Å². The van der Waals surface area contributed by atoms with Gasteiger partial charge in [0.25, 0.3) is 0 Å². The number of nitrogens with zero attached hydrogens (tertiary/aromatic N) is 3. The number of piperazine rings is 1. The third-order valence-corrected chi connectivity index (χ3v) is 8.86. The van der Waals surface area contributed by atoms with Gasteiger partial charge in [-0.1, -0.05) is 43.2 Å². The van der Waals surface area contributed by atoms with Gasteiger partial charge in [0, 0.05) is 51.1 Å². The maximum atomic E-state index is 14.3. The van der Waals surface area contributed by atoms with Gasteiger partial charge in [0.1, 0.15) is 11.6 Å². The summed E-state index contributed by atoms with van der Waals surface area (Å²) >= 11 is 0. The molecule has 7 heteroatoms. The van der Waals surface area contributed by atoms with E-state index in [4.69, 9.17) is 4.74 Å². The molecule has 1 aliphatic carbocycles. The number of halogens is 1. The van der Waals surface area contributed by atoms with Crippen LogP contribution in [0.15, 0.2) is 54.6 Å². The lowest BCUT2D eigenvalue weighted by Gasteiger charge is -2.46. The summed E-state index contributed by atoms with van der Waals surface area (Å²) in [5.74, 6) is 0.694. The Labute approximate surface area is 225 Å². The molecule has 3 aliphatic rings. The molecule has 6 nitrogen and oxygen atoms in total. The van der Waals surface area contributed by atoms with E-state index in [0.29, 0.717) is 26.1 Å². The first-order valence-electron chi connectivity index (χ1n) is 14.1. The molecule has 0 bridgehead atoms. The highest BCUT2D eigenvalue weighted by Gasteiger charge is 2.48. The van der Waals surface area contributed by atoms with E-state index in [2.05, 4.69) is 11.9 Å². The van der Waals surface area contributed by atoms with Crippen molar-refractivity contribution in [2.24, 2.45) is 5.41 Å². The molecule has 204 valence electrons. The summed E-state index contributed by atoms with van der Waals surface area (Å²) in [4.78, 5) is 34.0. The normalized spacial score (nSPS) is 23.8. The Kier molecular flexibility index (Phi) is 8.03. The fourth-order valence-corrected chi connectivity index (χ4v) is 6.63. The minimum atomic E-state index is -0.688. The first kappa shape index (κ1) is 26.7. The molecule has 1 atom stereocenters. The average Bonchev–Trinajstić information content (AvgIpc) is 3.44. The minimum Gasteiger partial charge on any atom is -0.493 e. The third-order valence-electron chi connectivity index (χ3n) is 8.86. The van der Waals surface area contributed by atoms with E-state index in [1.54, 1.807) is 6.07 Å². The summed E-state index contributed by atoms with van der Waals surface area (Å²) < 4.78 is 20.5. The predicted molar refractivity (Wildman–Crippen MR) is 145 cm³/mol. The summed E-state index contributed by atoms with van der Waals surface area (Å²) in [6, 6.07) is 16.3. The Morgan fingerprint density at radius 1 is 0.868 bits per heavy atom. The first-order valence-corrected chi connectivity index (χ1v) is 14.1. The molecule has 0 aromatic heterocycles. The highest BCUT2D eigenvalue weighted by atomic mass is 19.1. The van der Waals surface area contributed by atoms with Crippen molar-refractivity contribution in [1.82, 2.24) is 14.7 Å². The van der Waals surface area contributed by atoms with Crippen LogP contribution in [0, 0.1) is 11.2 Å². The quantitative estimate of drug-likeness (QED) is 0.539. The second kappa shape index (κ2) is 11.4. The monoisotopic (exact) mass is 521 g/mol. The largest absolute Gasteiger partial charge is 0.493 e. The van der Waals surface area contributed by atoms with Crippen LogP contribution in [0.1, 0.15) is 50.5 Å². The van der Waals surface area contributed by atoms with Crippen molar-refractivity contribution >= 4 is 11.8 Å². The second-order valence-corrected chi connectivity index (χ2v) is 11.6. The smallest absolute Gasteiger partial charge is 0.233 e. The standard InChI is InChI=1S/C31H40FN3O3/c1-33-17-19-34(20-18-33)28(36)22-30(24-38-27-11-3-2-4-12-27)13-8-16-35(23-30)29(37)31(14-5-6-15-31)25-9-7-10-26(32)21-25/h2-4,7,9-12,21H,5-6,8,13-20,22-24H2,1H3/t30-/m1/s1. The zero-order valence-corrected chi connectivity index (χ0v) is 22.5. The van der Waals surface area contributed by atoms with E-state index in [-0.39, 0.29) is 17.6 Å². The molecule has 0 spiro atoms. The minimum absolute atomic E-state index is 0.0800. The Balaban J connectivity index is 1.39. The molecule has 1 saturated carbocycles. The lowest BCUT2D eigenvalue weighted by Crippen LogP contribution is -2.56. The van der Waals surface area contributed by atoms with Gasteiger partial charge in [-0.05, 0) is 62.6 Å². The van der Waals surface area contributed by atoms with Crippen molar-refractivity contribution < 1.29 is 18.7 Å². The van der Waals surface area contributed by atoms with Crippen molar-refractivity contribution in [2.45, 2.75) is 50.4 Å². The van der Waals surface area contributed by atoms with Gasteiger partial charge in [-0.3, -0.25) is 9.59 Å². The van der Waals surface area contributed by atoms with Crippen molar-refractivity contribution in [1.29, 1.82) is 0 Å². The number of para-hydroxylation sites is 1. The summed E-state index contributed by atoms with van der Waals surface area (Å²) in [6.45, 7) is 4.74. The van der Waals surface area contributed by atoms with Gasteiger partial charge in [0.05, 0.1) is 12.0 Å². The number of likely N-dealkylation sites (N-methyl/N-ethyl adjacent to an activating group) is 1. The molecule has 2 saturated heterocycles. The zero-order valence-electron chi connectivity index (χ0n) is 22.5. The molecule has 2 heterocycles. The Hall–Kier alpha value is -2.93. The van der Waals surface area contributed by atoms with Gasteiger partial charge >= 0.3 is 0 Å². The number of piperidine rings is 1. The third kappa shape index (κ3) is 5.73. The van der Waals surface area contributed by atoms with E-state index in [1.807, 2.05) is 46.2 Å². The highest BCUT2D eigenvalue weighted by molar-refractivity contribution is 5.89. The van der Waals surface area contributed by atoms with Gasteiger partial charge in [-0.2, -0.15) is 0 Å². The summed E-state index contributed by atoms with van der Waals surface area (Å²) in [7, 11) is 2.08. The number of hydrogen-bond acceptors (Lipinski definition) is 4. The van der Waals surface area contributed by atoms with Crippen molar-refractivity contribution in [3.05, 3.63) is 66.0 Å². The van der Waals surface area contributed by atoms with Crippen LogP contribution in [0.5, 0.6) is 5.75 Å². The molecule has 5 rings (SSSR count). The number of likely N-dealkylation sites (tertiary alicyclic amines) is 1. The Morgan fingerprint density at radius 3 is 2.32 bits per heavy atom. The molecular formula is C31H40FN3O3. The van der Waals surface area contributed by atoms with Gasteiger partial charge < -0.3 is 19.4 Å². The van der Waals surface area contributed by atoms with Crippen LogP contribution in [0.25, 0.3) is 0 Å². The number of benzene rings is 2. The molecule has 3 fully saturated rings. The number of rotatable bonds is 7. The van der Waals surface area contributed by atoms with Crippen LogP contribution in [0.2, 0.25) is 0 Å². The highest BCUT2D eigenvalue weighted by Crippen LogP contribution is 2.45. The Bertz CT molecular complexity index is 1110. The maximum Gasteiger partial charge on any atom is 0.233 e. The van der Waals surface area contributed by atoms with E-state index in [9.17, 15) is 14.0 Å². The lowest BCUT2D eigenvalue weighted by molar-refractivity contribution is -0.146. The zero-order chi connectivity index (χ0) is 26.6. The van der Waals surface area contributed by atoms with E-state index in [1.165, 1.54) is 12.1 Å². The van der Waals surface area contributed by atoms with Crippen molar-refractivity contribution in [3.8, 4) is 5.75 Å². The molecule has 0 N–H and O–H groups in total. The lowest BCUT2D eigenvalue weighted by atomic mass is 9.74. The van der Waals surface area contributed by atoms with E-state index < -0.39 is 10.8 Å². The van der Waals surface area contributed by atoms with Crippen molar-refractivity contribution in [3.63, 3.8) is 0 Å². The number of amides is 2. The van der Waals surface area contributed by atoms with Gasteiger partial charge in [-0.25, -0.2) is 4.39 Å². The molecule has 2 aromatic carbocycles.